The number of piperazine rings is 1. The van der Waals surface area contributed by atoms with Crippen LogP contribution in [-0.4, -0.2) is 82.7 Å². The number of nitrogens with zero attached hydrogens (tertiary/aromatic N) is 5. The third kappa shape index (κ3) is 6.63. The molecular formula is C33H35F6N5O2S. The van der Waals surface area contributed by atoms with Crippen LogP contribution >= 0.6 is 11.8 Å². The van der Waals surface area contributed by atoms with E-state index >= 15 is 0 Å². The molecule has 1 amide bonds. The zero-order valence-electron chi connectivity index (χ0n) is 25.8. The topological polar surface area (TPSA) is 61.7 Å². The number of thioether (sulfide) groups is 1. The largest absolute Gasteiger partial charge is 0.417 e. The first-order valence-electron chi connectivity index (χ1n) is 15.6. The number of carbonyl (C=O) groups excluding carboxylic acids is 1. The summed E-state index contributed by atoms with van der Waals surface area (Å²) >= 11 is 1.24. The number of piperidine rings is 1. The first-order chi connectivity index (χ1) is 22.3. The van der Waals surface area contributed by atoms with Crippen LogP contribution in [0, 0.1) is 11.7 Å². The van der Waals surface area contributed by atoms with E-state index in [9.17, 15) is 35.9 Å². The highest BCUT2D eigenvalue weighted by Gasteiger charge is 2.40. The van der Waals surface area contributed by atoms with Crippen LogP contribution in [0.5, 0.6) is 0 Å². The molecule has 3 aliphatic rings. The highest BCUT2D eigenvalue weighted by Crippen LogP contribution is 2.50. The third-order valence-corrected chi connectivity index (χ3v) is 10.7. The smallest absolute Gasteiger partial charge is 0.350 e. The maximum Gasteiger partial charge on any atom is 0.417 e. The van der Waals surface area contributed by atoms with Crippen LogP contribution in [0.15, 0.2) is 52.7 Å². The molecule has 7 nitrogen and oxygen atoms in total. The summed E-state index contributed by atoms with van der Waals surface area (Å²) in [5.74, 6) is -0.272. The highest BCUT2D eigenvalue weighted by molar-refractivity contribution is 7.99. The van der Waals surface area contributed by atoms with Gasteiger partial charge in [0.2, 0.25) is 5.91 Å². The number of halogens is 6. The van der Waals surface area contributed by atoms with E-state index in [4.69, 9.17) is 0 Å². The Balaban J connectivity index is 1.49. The molecule has 4 heterocycles. The number of aromatic nitrogens is 2. The number of hydrogen-bond acceptors (Lipinski definition) is 6. The molecule has 3 aliphatic heterocycles. The minimum atomic E-state index is -4.78. The Hall–Kier alpha value is -3.52. The van der Waals surface area contributed by atoms with E-state index in [1.165, 1.54) is 34.5 Å². The molecule has 0 bridgehead atoms. The van der Waals surface area contributed by atoms with Gasteiger partial charge in [0.25, 0.3) is 6.43 Å². The van der Waals surface area contributed by atoms with Gasteiger partial charge < -0.3 is 9.80 Å². The molecule has 3 aromatic rings. The van der Waals surface area contributed by atoms with Gasteiger partial charge in [-0.25, -0.2) is 18.0 Å². The lowest BCUT2D eigenvalue weighted by Crippen LogP contribution is -2.54. The molecule has 47 heavy (non-hydrogen) atoms. The van der Waals surface area contributed by atoms with Crippen LogP contribution in [0.1, 0.15) is 37.8 Å². The van der Waals surface area contributed by atoms with Crippen LogP contribution < -0.4 is 10.6 Å². The van der Waals surface area contributed by atoms with E-state index < -0.39 is 29.7 Å². The summed E-state index contributed by atoms with van der Waals surface area (Å²) in [6.45, 7) is 6.88. The van der Waals surface area contributed by atoms with Crippen LogP contribution in [0.3, 0.4) is 0 Å². The summed E-state index contributed by atoms with van der Waals surface area (Å²) in [7, 11) is 0. The normalized spacial score (nSPS) is 21.1. The van der Waals surface area contributed by atoms with E-state index in [2.05, 4.69) is 11.6 Å². The SMILES string of the molecule is C=CC(=O)N1CCN(c2nc(=O)n3c4c(c(-c5ccc(F)cc5)c(C(F)(F)F)cc24)SC[C@@H]3CC2CCN(CC(F)F)CC2)[C@@H](C)C1. The fourth-order valence-electron chi connectivity index (χ4n) is 7.20. The molecule has 14 heteroatoms. The lowest BCUT2D eigenvalue weighted by Gasteiger charge is -2.41. The number of anilines is 1. The molecule has 2 fully saturated rings. The number of hydrogen-bond donors (Lipinski definition) is 0. The summed E-state index contributed by atoms with van der Waals surface area (Å²) in [6.07, 6.45) is -4.10. The zero-order valence-corrected chi connectivity index (χ0v) is 26.6. The first kappa shape index (κ1) is 33.4. The lowest BCUT2D eigenvalue weighted by molar-refractivity contribution is -0.137. The number of carbonyl (C=O) groups is 1. The quantitative estimate of drug-likeness (QED) is 0.211. The summed E-state index contributed by atoms with van der Waals surface area (Å²) < 4.78 is 86.0. The van der Waals surface area contributed by atoms with E-state index in [0.717, 1.165) is 18.2 Å². The minimum absolute atomic E-state index is 0.117. The van der Waals surface area contributed by atoms with Crippen molar-refractivity contribution in [3.05, 3.63) is 64.9 Å². The molecule has 0 unspecified atom stereocenters. The van der Waals surface area contributed by atoms with Gasteiger partial charge in [0, 0.05) is 53.3 Å². The lowest BCUT2D eigenvalue weighted by atomic mass is 9.90. The maximum absolute atomic E-state index is 14.9. The van der Waals surface area contributed by atoms with E-state index in [1.54, 1.807) is 14.7 Å². The van der Waals surface area contributed by atoms with Gasteiger partial charge >= 0.3 is 11.9 Å². The molecule has 252 valence electrons. The first-order valence-corrected chi connectivity index (χ1v) is 16.6. The summed E-state index contributed by atoms with van der Waals surface area (Å²) in [4.78, 5) is 36.1. The van der Waals surface area contributed by atoms with Crippen molar-refractivity contribution in [2.45, 2.75) is 55.8 Å². The number of rotatable bonds is 7. The molecule has 2 aromatic carbocycles. The van der Waals surface area contributed by atoms with Gasteiger partial charge in [-0.15, -0.1) is 11.8 Å². The van der Waals surface area contributed by atoms with Crippen molar-refractivity contribution in [3.8, 4) is 11.1 Å². The Morgan fingerprint density at radius 1 is 1.13 bits per heavy atom. The molecule has 0 N–H and O–H groups in total. The molecule has 0 radical (unpaired) electrons. The summed E-state index contributed by atoms with van der Waals surface area (Å²) in [6, 6.07) is 5.15. The van der Waals surface area contributed by atoms with Crippen LogP contribution in [-0.2, 0) is 11.0 Å². The zero-order chi connectivity index (χ0) is 33.6. The second-order valence-corrected chi connectivity index (χ2v) is 13.5. The average molecular weight is 680 g/mol. The van der Waals surface area contributed by atoms with Crippen LogP contribution in [0.4, 0.5) is 32.2 Å². The minimum Gasteiger partial charge on any atom is -0.350 e. The second-order valence-electron chi connectivity index (χ2n) is 12.5. The predicted molar refractivity (Wildman–Crippen MR) is 170 cm³/mol. The maximum atomic E-state index is 14.9. The molecule has 0 spiro atoms. The average Bonchev–Trinajstić information content (AvgIpc) is 3.03. The number of benzene rings is 2. The molecule has 2 atom stereocenters. The van der Waals surface area contributed by atoms with Crippen molar-refractivity contribution in [1.82, 2.24) is 19.4 Å². The van der Waals surface area contributed by atoms with Crippen molar-refractivity contribution in [3.63, 3.8) is 0 Å². The monoisotopic (exact) mass is 679 g/mol. The van der Waals surface area contributed by atoms with Crippen molar-refractivity contribution < 1.29 is 31.1 Å². The molecular weight excluding hydrogens is 644 g/mol. The van der Waals surface area contributed by atoms with Gasteiger partial charge in [-0.2, -0.15) is 18.2 Å². The van der Waals surface area contributed by atoms with Gasteiger partial charge in [0.05, 0.1) is 17.6 Å². The Kier molecular flexibility index (Phi) is 9.36. The predicted octanol–water partition coefficient (Wildman–Crippen LogP) is 6.46. The van der Waals surface area contributed by atoms with Crippen LogP contribution in [0.25, 0.3) is 22.0 Å². The van der Waals surface area contributed by atoms with Crippen molar-refractivity contribution >= 4 is 34.4 Å². The Bertz CT molecular complexity index is 1720. The van der Waals surface area contributed by atoms with Crippen LogP contribution in [0.2, 0.25) is 0 Å². The van der Waals surface area contributed by atoms with Gasteiger partial charge in [-0.05, 0) is 75.0 Å². The number of amides is 1. The van der Waals surface area contributed by atoms with Gasteiger partial charge in [0.15, 0.2) is 0 Å². The molecule has 0 aliphatic carbocycles. The summed E-state index contributed by atoms with van der Waals surface area (Å²) in [5, 5.41) is 0.178. The van der Waals surface area contributed by atoms with Crippen molar-refractivity contribution in [1.29, 1.82) is 0 Å². The number of likely N-dealkylation sites (tertiary alicyclic amines) is 1. The third-order valence-electron chi connectivity index (χ3n) is 9.46. The van der Waals surface area contributed by atoms with E-state index in [0.29, 0.717) is 43.6 Å². The molecule has 6 rings (SSSR count). The Labute approximate surface area is 272 Å². The Morgan fingerprint density at radius 3 is 2.45 bits per heavy atom. The standard InChI is InChI=1S/C33H35F6N5O2S/c1-3-27(45)42-12-13-43(19(2)16-42)31-24-15-25(33(37,38)39)28(21-4-6-22(34)7-5-21)30-29(24)44(32(46)40-31)23(18-47-30)14-20-8-10-41(11-9-20)17-26(35)36/h3-7,15,19-20,23,26H,1,8-14,16-18H2,2H3/t19-,23-/m0/s1. The van der Waals surface area contributed by atoms with Gasteiger partial charge in [-0.1, -0.05) is 18.7 Å². The van der Waals surface area contributed by atoms with E-state index in [1.807, 2.05) is 6.92 Å². The molecule has 2 saturated heterocycles. The fraction of sp³-hybridized carbons (Fsp3) is 0.485. The van der Waals surface area contributed by atoms with Gasteiger partial charge in [0.1, 0.15) is 11.6 Å². The van der Waals surface area contributed by atoms with Crippen molar-refractivity contribution in [2.24, 2.45) is 5.92 Å². The van der Waals surface area contributed by atoms with Crippen molar-refractivity contribution in [2.75, 3.05) is 49.9 Å². The van der Waals surface area contributed by atoms with E-state index in [-0.39, 0.29) is 77.3 Å². The highest BCUT2D eigenvalue weighted by atomic mass is 32.2. The van der Waals surface area contributed by atoms with Gasteiger partial charge in [-0.3, -0.25) is 14.3 Å². The molecule has 1 aromatic heterocycles. The second kappa shape index (κ2) is 13.2. The number of alkyl halides is 5. The fourth-order valence-corrected chi connectivity index (χ4v) is 8.56. The molecule has 0 saturated carbocycles. The summed E-state index contributed by atoms with van der Waals surface area (Å²) in [5.41, 5.74) is -1.09. The Morgan fingerprint density at radius 2 is 1.83 bits per heavy atom.